The molecule has 1 aliphatic heterocycles. The van der Waals surface area contributed by atoms with Gasteiger partial charge in [-0.25, -0.2) is 0 Å². The first-order valence-electron chi connectivity index (χ1n) is 6.32. The van der Waals surface area contributed by atoms with Crippen molar-refractivity contribution in [3.63, 3.8) is 0 Å². The molecular weight excluding hydrogens is 206 g/mol. The van der Waals surface area contributed by atoms with Crippen molar-refractivity contribution in [2.75, 3.05) is 26.3 Å². The van der Waals surface area contributed by atoms with Crippen molar-refractivity contribution in [1.29, 1.82) is 0 Å². The second kappa shape index (κ2) is 5.64. The maximum Gasteiger partial charge on any atom is 0.320 e. The van der Waals surface area contributed by atoms with Crippen LogP contribution in [0, 0.1) is 0 Å². The first-order valence-corrected chi connectivity index (χ1v) is 6.32. The first kappa shape index (κ1) is 11.9. The molecule has 0 spiro atoms. The predicted octanol–water partition coefficient (Wildman–Crippen LogP) is 1.19. The van der Waals surface area contributed by atoms with Crippen LogP contribution in [0.25, 0.3) is 0 Å². The number of nitrogens with zero attached hydrogens (tertiary/aromatic N) is 1. The molecule has 0 aromatic heterocycles. The van der Waals surface area contributed by atoms with Crippen molar-refractivity contribution in [2.24, 2.45) is 0 Å². The Morgan fingerprint density at radius 2 is 2.25 bits per heavy atom. The van der Waals surface area contributed by atoms with E-state index in [1.165, 1.54) is 12.8 Å². The number of carbonyl (C=O) groups excluding carboxylic acids is 1. The Morgan fingerprint density at radius 1 is 1.44 bits per heavy atom. The molecule has 2 atom stereocenters. The summed E-state index contributed by atoms with van der Waals surface area (Å²) >= 11 is 0. The molecule has 4 heteroatoms. The highest BCUT2D eigenvalue weighted by atomic mass is 16.5. The van der Waals surface area contributed by atoms with Gasteiger partial charge in [-0.3, -0.25) is 9.69 Å². The number of esters is 1. The fourth-order valence-electron chi connectivity index (χ4n) is 2.75. The van der Waals surface area contributed by atoms with E-state index in [9.17, 15) is 4.79 Å². The van der Waals surface area contributed by atoms with Gasteiger partial charge < -0.3 is 9.47 Å². The molecule has 16 heavy (non-hydrogen) atoms. The standard InChI is InChI=1S/C12H21NO3/c1-2-15-12(14)9-13-7-8-16-11-6-4-3-5-10(11)13/h10-11H,2-9H2,1H3/t10-,11-/m1/s1. The second-order valence-electron chi connectivity index (χ2n) is 4.54. The predicted molar refractivity (Wildman–Crippen MR) is 60.2 cm³/mol. The van der Waals surface area contributed by atoms with Crippen LogP contribution in [0.15, 0.2) is 0 Å². The van der Waals surface area contributed by atoms with Crippen LogP contribution in [0.2, 0.25) is 0 Å². The summed E-state index contributed by atoms with van der Waals surface area (Å²) < 4.78 is 10.8. The lowest BCUT2D eigenvalue weighted by atomic mass is 9.90. The van der Waals surface area contributed by atoms with Gasteiger partial charge in [0.15, 0.2) is 0 Å². The van der Waals surface area contributed by atoms with Gasteiger partial charge >= 0.3 is 5.97 Å². The first-order chi connectivity index (χ1) is 7.81. The zero-order chi connectivity index (χ0) is 11.4. The highest BCUT2D eigenvalue weighted by Crippen LogP contribution is 2.28. The zero-order valence-electron chi connectivity index (χ0n) is 9.98. The van der Waals surface area contributed by atoms with E-state index >= 15 is 0 Å². The van der Waals surface area contributed by atoms with Gasteiger partial charge in [0.25, 0.3) is 0 Å². The molecule has 1 aliphatic carbocycles. The van der Waals surface area contributed by atoms with Crippen LogP contribution in [0.3, 0.4) is 0 Å². The highest BCUT2D eigenvalue weighted by Gasteiger charge is 2.34. The van der Waals surface area contributed by atoms with E-state index in [1.807, 2.05) is 6.92 Å². The van der Waals surface area contributed by atoms with Crippen LogP contribution >= 0.6 is 0 Å². The van der Waals surface area contributed by atoms with E-state index in [0.29, 0.717) is 25.3 Å². The van der Waals surface area contributed by atoms with E-state index in [0.717, 1.165) is 26.0 Å². The zero-order valence-corrected chi connectivity index (χ0v) is 9.98. The Labute approximate surface area is 96.9 Å². The summed E-state index contributed by atoms with van der Waals surface area (Å²) in [6.45, 7) is 4.36. The molecule has 92 valence electrons. The van der Waals surface area contributed by atoms with Gasteiger partial charge in [0.2, 0.25) is 0 Å². The van der Waals surface area contributed by atoms with E-state index in [-0.39, 0.29) is 5.97 Å². The fourth-order valence-corrected chi connectivity index (χ4v) is 2.75. The molecule has 2 rings (SSSR count). The average molecular weight is 227 g/mol. The Bertz CT molecular complexity index is 242. The number of hydrogen-bond donors (Lipinski definition) is 0. The maximum absolute atomic E-state index is 11.5. The van der Waals surface area contributed by atoms with Gasteiger partial charge in [-0.1, -0.05) is 12.8 Å². The summed E-state index contributed by atoms with van der Waals surface area (Å²) in [5.74, 6) is -0.103. The number of rotatable bonds is 3. The van der Waals surface area contributed by atoms with Crippen LogP contribution in [0.4, 0.5) is 0 Å². The molecule has 1 saturated carbocycles. The number of hydrogen-bond acceptors (Lipinski definition) is 4. The minimum atomic E-state index is -0.103. The highest BCUT2D eigenvalue weighted by molar-refractivity contribution is 5.71. The summed E-state index contributed by atoms with van der Waals surface area (Å²) in [5, 5.41) is 0. The molecule has 1 heterocycles. The Balaban J connectivity index is 1.89. The summed E-state index contributed by atoms with van der Waals surface area (Å²) in [5.41, 5.74) is 0. The van der Waals surface area contributed by atoms with Gasteiger partial charge in [0, 0.05) is 12.6 Å². The molecule has 4 nitrogen and oxygen atoms in total. The van der Waals surface area contributed by atoms with Gasteiger partial charge in [-0.2, -0.15) is 0 Å². The van der Waals surface area contributed by atoms with Gasteiger partial charge in [0.05, 0.1) is 25.9 Å². The van der Waals surface area contributed by atoms with E-state index < -0.39 is 0 Å². The monoisotopic (exact) mass is 227 g/mol. The Morgan fingerprint density at radius 3 is 3.06 bits per heavy atom. The Hall–Kier alpha value is -0.610. The van der Waals surface area contributed by atoms with Crippen LogP contribution in [-0.4, -0.2) is 49.3 Å². The molecule has 0 bridgehead atoms. The van der Waals surface area contributed by atoms with Crippen molar-refractivity contribution >= 4 is 5.97 Å². The number of morpholine rings is 1. The molecule has 2 aliphatic rings. The van der Waals surface area contributed by atoms with Crippen molar-refractivity contribution in [3.8, 4) is 0 Å². The third kappa shape index (κ3) is 2.74. The Kier molecular flexibility index (Phi) is 4.18. The summed E-state index contributed by atoms with van der Waals surface area (Å²) in [4.78, 5) is 13.7. The topological polar surface area (TPSA) is 38.8 Å². The molecule has 0 N–H and O–H groups in total. The molecule has 2 fully saturated rings. The van der Waals surface area contributed by atoms with Crippen LogP contribution < -0.4 is 0 Å². The second-order valence-corrected chi connectivity index (χ2v) is 4.54. The van der Waals surface area contributed by atoms with Crippen LogP contribution in [-0.2, 0) is 14.3 Å². The summed E-state index contributed by atoms with van der Waals surface area (Å²) in [6, 6.07) is 0.437. The third-order valence-corrected chi connectivity index (χ3v) is 3.48. The SMILES string of the molecule is CCOC(=O)CN1CCO[C@@H]2CCCC[C@H]21. The van der Waals surface area contributed by atoms with Gasteiger partial charge in [0.1, 0.15) is 0 Å². The molecule has 0 unspecified atom stereocenters. The average Bonchev–Trinajstić information content (AvgIpc) is 2.30. The van der Waals surface area contributed by atoms with Crippen molar-refractivity contribution in [2.45, 2.75) is 44.8 Å². The summed E-state index contributed by atoms with van der Waals surface area (Å²) in [7, 11) is 0. The lowest BCUT2D eigenvalue weighted by Crippen LogP contribution is -2.54. The molecule has 0 radical (unpaired) electrons. The molecule has 0 aromatic rings. The van der Waals surface area contributed by atoms with Crippen molar-refractivity contribution in [3.05, 3.63) is 0 Å². The van der Waals surface area contributed by atoms with Crippen molar-refractivity contribution in [1.82, 2.24) is 4.90 Å². The minimum Gasteiger partial charge on any atom is -0.465 e. The lowest BCUT2D eigenvalue weighted by molar-refractivity contribution is -0.150. The van der Waals surface area contributed by atoms with Gasteiger partial charge in [-0.05, 0) is 19.8 Å². The van der Waals surface area contributed by atoms with Crippen molar-refractivity contribution < 1.29 is 14.3 Å². The molecule has 1 saturated heterocycles. The molecule has 0 aromatic carbocycles. The van der Waals surface area contributed by atoms with E-state index in [4.69, 9.17) is 9.47 Å². The van der Waals surface area contributed by atoms with E-state index in [2.05, 4.69) is 4.90 Å². The minimum absolute atomic E-state index is 0.103. The summed E-state index contributed by atoms with van der Waals surface area (Å²) in [6.07, 6.45) is 5.16. The largest absolute Gasteiger partial charge is 0.465 e. The molecule has 0 amide bonds. The van der Waals surface area contributed by atoms with E-state index in [1.54, 1.807) is 0 Å². The number of ether oxygens (including phenoxy) is 2. The van der Waals surface area contributed by atoms with Crippen LogP contribution in [0.1, 0.15) is 32.6 Å². The smallest absolute Gasteiger partial charge is 0.320 e. The fraction of sp³-hybridized carbons (Fsp3) is 0.917. The maximum atomic E-state index is 11.5. The normalized spacial score (nSPS) is 30.8. The lowest BCUT2D eigenvalue weighted by Gasteiger charge is -2.43. The van der Waals surface area contributed by atoms with Crippen LogP contribution in [0.5, 0.6) is 0 Å². The quantitative estimate of drug-likeness (QED) is 0.679. The number of carbonyl (C=O) groups is 1. The third-order valence-electron chi connectivity index (χ3n) is 3.48. The number of fused-ring (bicyclic) bond motifs is 1. The molecular formula is C12H21NO3. The van der Waals surface area contributed by atoms with Gasteiger partial charge in [-0.15, -0.1) is 0 Å².